The van der Waals surface area contributed by atoms with Gasteiger partial charge in [0.1, 0.15) is 0 Å². The number of hydrogen-bond donors (Lipinski definition) is 1. The van der Waals surface area contributed by atoms with Crippen molar-refractivity contribution in [1.29, 1.82) is 0 Å². The maximum Gasteiger partial charge on any atom is 0.0681 e. The van der Waals surface area contributed by atoms with E-state index in [2.05, 4.69) is 65.7 Å². The molecule has 2 nitrogen and oxygen atoms in total. The number of anilines is 1. The molecule has 0 saturated heterocycles. The fourth-order valence-electron chi connectivity index (χ4n) is 2.61. The Hall–Kier alpha value is -1.80. The van der Waals surface area contributed by atoms with Crippen LogP contribution in [0, 0.1) is 6.92 Å². The van der Waals surface area contributed by atoms with Crippen LogP contribution in [0.1, 0.15) is 16.7 Å². The van der Waals surface area contributed by atoms with Gasteiger partial charge >= 0.3 is 0 Å². The van der Waals surface area contributed by atoms with Crippen LogP contribution < -0.4 is 5.32 Å². The quantitative estimate of drug-likeness (QED) is 0.900. The Morgan fingerprint density at radius 3 is 2.79 bits per heavy atom. The molecule has 0 aromatic heterocycles. The fraction of sp³-hybridized carbons (Fsp3) is 0.294. The van der Waals surface area contributed by atoms with E-state index in [-0.39, 0.29) is 0 Å². The van der Waals surface area contributed by atoms with Gasteiger partial charge in [0, 0.05) is 18.8 Å². The van der Waals surface area contributed by atoms with Crippen LogP contribution in [0.15, 0.2) is 48.5 Å². The second-order valence-corrected chi connectivity index (χ2v) is 5.28. The number of nitrogens with zero attached hydrogens (tertiary/aromatic N) is 1. The predicted molar refractivity (Wildman–Crippen MR) is 80.2 cm³/mol. The third-order valence-corrected chi connectivity index (χ3v) is 3.71. The maximum atomic E-state index is 3.50. The lowest BCUT2D eigenvalue weighted by Crippen LogP contribution is -2.35. The van der Waals surface area contributed by atoms with Crippen molar-refractivity contribution in [2.75, 3.05) is 18.5 Å². The van der Waals surface area contributed by atoms with Gasteiger partial charge in [0.2, 0.25) is 0 Å². The lowest BCUT2D eigenvalue weighted by Gasteiger charge is -2.30. The van der Waals surface area contributed by atoms with Crippen LogP contribution in [0.25, 0.3) is 0 Å². The topological polar surface area (TPSA) is 15.3 Å². The summed E-state index contributed by atoms with van der Waals surface area (Å²) < 4.78 is 0. The molecule has 0 saturated carbocycles. The molecule has 0 bridgehead atoms. The molecule has 98 valence electrons. The fourth-order valence-corrected chi connectivity index (χ4v) is 2.61. The summed E-state index contributed by atoms with van der Waals surface area (Å²) in [5.74, 6) is 0. The summed E-state index contributed by atoms with van der Waals surface area (Å²) in [7, 11) is 0. The third-order valence-electron chi connectivity index (χ3n) is 3.71. The summed E-state index contributed by atoms with van der Waals surface area (Å²) in [5, 5.41) is 3.50. The van der Waals surface area contributed by atoms with Crippen molar-refractivity contribution in [3.05, 3.63) is 65.2 Å². The van der Waals surface area contributed by atoms with Gasteiger partial charge in [-0.25, -0.2) is 0 Å². The monoisotopic (exact) mass is 252 g/mol. The van der Waals surface area contributed by atoms with Crippen molar-refractivity contribution >= 4 is 5.69 Å². The molecular weight excluding hydrogens is 232 g/mol. The van der Waals surface area contributed by atoms with Gasteiger partial charge < -0.3 is 5.32 Å². The Kier molecular flexibility index (Phi) is 3.51. The molecule has 0 radical (unpaired) electrons. The number of fused-ring (bicyclic) bond motifs is 1. The third kappa shape index (κ3) is 2.96. The zero-order chi connectivity index (χ0) is 13.1. The van der Waals surface area contributed by atoms with Crippen LogP contribution in [-0.4, -0.2) is 18.1 Å². The van der Waals surface area contributed by atoms with E-state index >= 15 is 0 Å². The summed E-state index contributed by atoms with van der Waals surface area (Å²) in [5.41, 5.74) is 5.46. The standard InChI is InChI=1S/C17H20N2/c1-14-7-8-17-16(11-14)12-19(13-18-17)10-9-15-5-3-2-4-6-15/h2-8,11,18H,9-10,12-13H2,1H3. The molecule has 0 aliphatic carbocycles. The molecule has 2 aromatic rings. The van der Waals surface area contributed by atoms with E-state index < -0.39 is 0 Å². The Morgan fingerprint density at radius 2 is 1.95 bits per heavy atom. The van der Waals surface area contributed by atoms with Crippen molar-refractivity contribution in [2.24, 2.45) is 0 Å². The van der Waals surface area contributed by atoms with E-state index in [0.29, 0.717) is 0 Å². The Bertz CT molecular complexity index is 548. The highest BCUT2D eigenvalue weighted by atomic mass is 15.2. The molecular formula is C17H20N2. The van der Waals surface area contributed by atoms with Crippen molar-refractivity contribution in [3.8, 4) is 0 Å². The van der Waals surface area contributed by atoms with Crippen LogP contribution in [0.2, 0.25) is 0 Å². The summed E-state index contributed by atoms with van der Waals surface area (Å²) in [4.78, 5) is 2.47. The summed E-state index contributed by atoms with van der Waals surface area (Å²) in [6, 6.07) is 17.4. The highest BCUT2D eigenvalue weighted by molar-refractivity contribution is 5.53. The second kappa shape index (κ2) is 5.45. The average molecular weight is 252 g/mol. The lowest BCUT2D eigenvalue weighted by atomic mass is 10.1. The van der Waals surface area contributed by atoms with Crippen molar-refractivity contribution in [3.63, 3.8) is 0 Å². The molecule has 1 N–H and O–H groups in total. The molecule has 0 unspecified atom stereocenters. The Labute approximate surface area is 115 Å². The van der Waals surface area contributed by atoms with E-state index in [9.17, 15) is 0 Å². The van der Waals surface area contributed by atoms with Crippen molar-refractivity contribution < 1.29 is 0 Å². The van der Waals surface area contributed by atoms with Crippen LogP contribution in [0.4, 0.5) is 5.69 Å². The number of benzene rings is 2. The summed E-state index contributed by atoms with van der Waals surface area (Å²) in [6.45, 7) is 5.26. The van der Waals surface area contributed by atoms with E-state index in [1.54, 1.807) is 0 Å². The van der Waals surface area contributed by atoms with Gasteiger partial charge in [-0.05, 0) is 30.5 Å². The van der Waals surface area contributed by atoms with Gasteiger partial charge in [0.15, 0.2) is 0 Å². The van der Waals surface area contributed by atoms with E-state index in [0.717, 1.165) is 26.2 Å². The van der Waals surface area contributed by atoms with Gasteiger partial charge in [-0.1, -0.05) is 48.0 Å². The Balaban J connectivity index is 1.62. The first-order valence-corrected chi connectivity index (χ1v) is 6.91. The average Bonchev–Trinajstić information content (AvgIpc) is 2.46. The minimum absolute atomic E-state index is 0.947. The molecule has 0 amide bonds. The van der Waals surface area contributed by atoms with Crippen LogP contribution in [-0.2, 0) is 13.0 Å². The first-order chi connectivity index (χ1) is 9.31. The smallest absolute Gasteiger partial charge is 0.0681 e. The van der Waals surface area contributed by atoms with Gasteiger partial charge in [-0.2, -0.15) is 0 Å². The van der Waals surface area contributed by atoms with Crippen molar-refractivity contribution in [2.45, 2.75) is 19.9 Å². The van der Waals surface area contributed by atoms with Crippen molar-refractivity contribution in [1.82, 2.24) is 4.90 Å². The summed E-state index contributed by atoms with van der Waals surface area (Å²) >= 11 is 0. The minimum Gasteiger partial charge on any atom is -0.372 e. The molecule has 3 rings (SSSR count). The number of rotatable bonds is 3. The van der Waals surface area contributed by atoms with E-state index in [1.165, 1.54) is 22.4 Å². The van der Waals surface area contributed by atoms with E-state index in [4.69, 9.17) is 0 Å². The first kappa shape index (κ1) is 12.2. The molecule has 1 aliphatic heterocycles. The van der Waals surface area contributed by atoms with Crippen LogP contribution >= 0.6 is 0 Å². The first-order valence-electron chi connectivity index (χ1n) is 6.91. The maximum absolute atomic E-state index is 3.50. The zero-order valence-electron chi connectivity index (χ0n) is 11.4. The highest BCUT2D eigenvalue weighted by Gasteiger charge is 2.14. The second-order valence-electron chi connectivity index (χ2n) is 5.28. The predicted octanol–water partition coefficient (Wildman–Crippen LogP) is 3.42. The molecule has 2 heteroatoms. The molecule has 2 aromatic carbocycles. The van der Waals surface area contributed by atoms with Crippen LogP contribution in [0.3, 0.4) is 0 Å². The number of hydrogen-bond acceptors (Lipinski definition) is 2. The normalized spacial score (nSPS) is 14.8. The number of nitrogens with one attached hydrogen (secondary N) is 1. The largest absolute Gasteiger partial charge is 0.372 e. The van der Waals surface area contributed by atoms with E-state index in [1.807, 2.05) is 0 Å². The summed E-state index contributed by atoms with van der Waals surface area (Å²) in [6.07, 6.45) is 1.11. The molecule has 1 aliphatic rings. The zero-order valence-corrected chi connectivity index (χ0v) is 11.4. The van der Waals surface area contributed by atoms with Gasteiger partial charge in [0.25, 0.3) is 0 Å². The molecule has 1 heterocycles. The highest BCUT2D eigenvalue weighted by Crippen LogP contribution is 2.23. The molecule has 0 atom stereocenters. The minimum atomic E-state index is 0.947. The van der Waals surface area contributed by atoms with Crippen LogP contribution in [0.5, 0.6) is 0 Å². The van der Waals surface area contributed by atoms with Gasteiger partial charge in [0.05, 0.1) is 6.67 Å². The molecule has 0 fully saturated rings. The Morgan fingerprint density at radius 1 is 1.11 bits per heavy atom. The lowest BCUT2D eigenvalue weighted by molar-refractivity contribution is 0.279. The SMILES string of the molecule is Cc1ccc2c(c1)CN(CCc1ccccc1)CN2. The molecule has 0 spiro atoms. The number of aryl methyl sites for hydroxylation is 1. The molecule has 19 heavy (non-hydrogen) atoms. The van der Waals surface area contributed by atoms with Gasteiger partial charge in [-0.15, -0.1) is 0 Å². The van der Waals surface area contributed by atoms with Gasteiger partial charge in [-0.3, -0.25) is 4.90 Å².